The minimum absolute atomic E-state index is 0.0136. The second-order valence-corrected chi connectivity index (χ2v) is 12.4. The van der Waals surface area contributed by atoms with E-state index in [1.807, 2.05) is 24.1 Å². The van der Waals surface area contributed by atoms with Crippen LogP contribution in [0.2, 0.25) is 5.02 Å². The SMILES string of the molecule is CNC(=O)C1CN(S(=O)(=O)c2cc3ccc(Cl)cc3s2)CCN1C(=O)c1nc2c(o1)CN(C)N(C)C2. The average molecular weight is 553 g/mol. The Labute approximate surface area is 217 Å². The maximum Gasteiger partial charge on any atom is 0.310 e. The summed E-state index contributed by atoms with van der Waals surface area (Å²) in [5.41, 5.74) is 0.668. The number of likely N-dealkylation sites (N-methyl/N-ethyl adjacent to an activating group) is 1. The number of nitrogens with zero attached hydrogens (tertiary/aromatic N) is 5. The molecule has 1 atom stereocenters. The summed E-state index contributed by atoms with van der Waals surface area (Å²) in [6.45, 7) is 0.822. The molecule has 1 N–H and O–H groups in total. The van der Waals surface area contributed by atoms with Crippen LogP contribution in [-0.4, -0.2) is 91.3 Å². The molecule has 5 rings (SSSR count). The summed E-state index contributed by atoms with van der Waals surface area (Å²) in [5.74, 6) is -0.518. The lowest BCUT2D eigenvalue weighted by molar-refractivity contribution is -0.126. The molecule has 0 radical (unpaired) electrons. The molecule has 36 heavy (non-hydrogen) atoms. The van der Waals surface area contributed by atoms with Gasteiger partial charge in [0.1, 0.15) is 16.0 Å². The minimum Gasteiger partial charge on any atom is -0.436 e. The van der Waals surface area contributed by atoms with E-state index >= 15 is 0 Å². The number of amides is 2. The molecule has 1 saturated heterocycles. The predicted octanol–water partition coefficient (Wildman–Crippen LogP) is 1.60. The number of benzene rings is 1. The number of aromatic nitrogens is 1. The standard InChI is InChI=1S/C22H25ClN6O5S2/c1-24-20(30)16-11-28(36(32,33)19-8-13-4-5-14(23)9-18(13)35-19)6-7-29(16)22(31)21-25-15-10-26(2)27(3)12-17(15)34-21/h4-5,8-9,16H,6-7,10-12H2,1-3H3,(H,24,30). The fraction of sp³-hybridized carbons (Fsp3) is 0.409. The first kappa shape index (κ1) is 25.1. The number of halogens is 1. The molecular weight excluding hydrogens is 528 g/mol. The van der Waals surface area contributed by atoms with E-state index in [0.717, 1.165) is 21.4 Å². The number of hydrazine groups is 1. The molecule has 0 saturated carbocycles. The smallest absolute Gasteiger partial charge is 0.310 e. The quantitative estimate of drug-likeness (QED) is 0.518. The van der Waals surface area contributed by atoms with Crippen molar-refractivity contribution in [1.82, 2.24) is 29.5 Å². The molecule has 1 unspecified atom stereocenters. The molecule has 1 aromatic carbocycles. The molecule has 2 amide bonds. The van der Waals surface area contributed by atoms with E-state index in [9.17, 15) is 18.0 Å². The zero-order chi connectivity index (χ0) is 25.8. The van der Waals surface area contributed by atoms with Crippen molar-refractivity contribution in [3.63, 3.8) is 0 Å². The van der Waals surface area contributed by atoms with Crippen molar-refractivity contribution in [2.24, 2.45) is 0 Å². The van der Waals surface area contributed by atoms with Gasteiger partial charge >= 0.3 is 5.91 Å². The largest absolute Gasteiger partial charge is 0.436 e. The first-order valence-electron chi connectivity index (χ1n) is 11.2. The minimum atomic E-state index is -3.90. The molecular formula is C22H25ClN6O5S2. The Bertz CT molecular complexity index is 1430. The summed E-state index contributed by atoms with van der Waals surface area (Å²) in [5, 5.41) is 7.73. The molecule has 0 spiro atoms. The van der Waals surface area contributed by atoms with Crippen LogP contribution in [-0.2, 0) is 27.9 Å². The lowest BCUT2D eigenvalue weighted by Crippen LogP contribution is -2.61. The van der Waals surface area contributed by atoms with E-state index in [-0.39, 0.29) is 29.7 Å². The van der Waals surface area contributed by atoms with Crippen molar-refractivity contribution < 1.29 is 22.4 Å². The zero-order valence-electron chi connectivity index (χ0n) is 19.9. The Morgan fingerprint density at radius 3 is 2.67 bits per heavy atom. The topological polar surface area (TPSA) is 119 Å². The maximum atomic E-state index is 13.5. The van der Waals surface area contributed by atoms with Crippen LogP contribution in [0.1, 0.15) is 22.1 Å². The Balaban J connectivity index is 1.40. The molecule has 14 heteroatoms. The van der Waals surface area contributed by atoms with Crippen LogP contribution < -0.4 is 5.32 Å². The van der Waals surface area contributed by atoms with Gasteiger partial charge in [-0.05, 0) is 23.6 Å². The van der Waals surface area contributed by atoms with Gasteiger partial charge in [0, 0.05) is 50.5 Å². The van der Waals surface area contributed by atoms with E-state index in [4.69, 9.17) is 16.0 Å². The maximum absolute atomic E-state index is 13.5. The molecule has 2 aliphatic heterocycles. The van der Waals surface area contributed by atoms with Crippen LogP contribution in [0.4, 0.5) is 0 Å². The number of carbonyl (C=O) groups excluding carboxylic acids is 2. The molecule has 192 valence electrons. The molecule has 11 nitrogen and oxygen atoms in total. The predicted molar refractivity (Wildman–Crippen MR) is 134 cm³/mol. The number of carbonyl (C=O) groups is 2. The second-order valence-electron chi connectivity index (χ2n) is 8.76. The lowest BCUT2D eigenvalue weighted by Gasteiger charge is -2.38. The number of fused-ring (bicyclic) bond motifs is 2. The van der Waals surface area contributed by atoms with Gasteiger partial charge in [-0.1, -0.05) is 17.7 Å². The molecule has 0 aliphatic carbocycles. The second kappa shape index (κ2) is 9.39. The van der Waals surface area contributed by atoms with Gasteiger partial charge in [-0.2, -0.15) is 4.31 Å². The monoisotopic (exact) mass is 552 g/mol. The third-order valence-corrected chi connectivity index (χ3v) is 10.1. The number of piperazine rings is 1. The van der Waals surface area contributed by atoms with E-state index < -0.39 is 27.9 Å². The Hall–Kier alpha value is -2.55. The first-order valence-corrected chi connectivity index (χ1v) is 13.8. The van der Waals surface area contributed by atoms with Crippen molar-refractivity contribution in [3.8, 4) is 0 Å². The molecule has 2 aromatic heterocycles. The van der Waals surface area contributed by atoms with Crippen LogP contribution in [0.3, 0.4) is 0 Å². The summed E-state index contributed by atoms with van der Waals surface area (Å²) in [4.78, 5) is 31.9. The first-order chi connectivity index (χ1) is 17.1. The number of sulfonamides is 1. The van der Waals surface area contributed by atoms with E-state index in [1.165, 1.54) is 16.3 Å². The van der Waals surface area contributed by atoms with Crippen LogP contribution >= 0.6 is 22.9 Å². The van der Waals surface area contributed by atoms with Crippen molar-refractivity contribution in [3.05, 3.63) is 46.6 Å². The third kappa shape index (κ3) is 4.40. The van der Waals surface area contributed by atoms with Crippen molar-refractivity contribution in [2.75, 3.05) is 40.8 Å². The number of hydrogen-bond acceptors (Lipinski definition) is 9. The normalized spacial score (nSPS) is 20.0. The van der Waals surface area contributed by atoms with Crippen molar-refractivity contribution in [1.29, 1.82) is 0 Å². The van der Waals surface area contributed by atoms with Crippen LogP contribution in [0.25, 0.3) is 10.1 Å². The average Bonchev–Trinajstić information content (AvgIpc) is 3.47. The van der Waals surface area contributed by atoms with E-state index in [2.05, 4.69) is 10.3 Å². The van der Waals surface area contributed by atoms with Gasteiger partial charge < -0.3 is 14.6 Å². The van der Waals surface area contributed by atoms with Gasteiger partial charge in [-0.15, -0.1) is 11.3 Å². The van der Waals surface area contributed by atoms with Gasteiger partial charge in [0.2, 0.25) is 5.91 Å². The summed E-state index contributed by atoms with van der Waals surface area (Å²) < 4.78 is 34.9. The van der Waals surface area contributed by atoms with Crippen molar-refractivity contribution in [2.45, 2.75) is 23.3 Å². The number of nitrogens with one attached hydrogen (secondary N) is 1. The van der Waals surface area contributed by atoms with Crippen LogP contribution in [0.15, 0.2) is 32.9 Å². The van der Waals surface area contributed by atoms with Gasteiger partial charge in [0.05, 0.1) is 18.8 Å². The number of rotatable bonds is 4. The number of oxazole rings is 1. The summed E-state index contributed by atoms with van der Waals surface area (Å²) >= 11 is 7.17. The fourth-order valence-corrected chi connectivity index (χ4v) is 7.62. The highest BCUT2D eigenvalue weighted by molar-refractivity contribution is 7.91. The molecule has 3 aromatic rings. The number of hydrogen-bond donors (Lipinski definition) is 1. The van der Waals surface area contributed by atoms with Crippen LogP contribution in [0, 0.1) is 0 Å². The van der Waals surface area contributed by atoms with E-state index in [0.29, 0.717) is 29.6 Å². The summed E-state index contributed by atoms with van der Waals surface area (Å²) in [6.07, 6.45) is 0. The highest BCUT2D eigenvalue weighted by atomic mass is 35.5. The Morgan fingerprint density at radius 1 is 1.17 bits per heavy atom. The number of thiophene rings is 1. The van der Waals surface area contributed by atoms with E-state index in [1.54, 1.807) is 24.3 Å². The van der Waals surface area contributed by atoms with Gasteiger partial charge in [0.25, 0.3) is 15.9 Å². The lowest BCUT2D eigenvalue weighted by atomic mass is 10.1. The van der Waals surface area contributed by atoms with Crippen LogP contribution in [0.5, 0.6) is 0 Å². The van der Waals surface area contributed by atoms with Gasteiger partial charge in [-0.3, -0.25) is 9.59 Å². The highest BCUT2D eigenvalue weighted by Gasteiger charge is 2.42. The summed E-state index contributed by atoms with van der Waals surface area (Å²) in [6, 6.07) is 5.75. The molecule has 4 heterocycles. The van der Waals surface area contributed by atoms with Crippen molar-refractivity contribution >= 4 is 54.9 Å². The Kier molecular flexibility index (Phi) is 6.55. The van der Waals surface area contributed by atoms with Gasteiger partial charge in [-0.25, -0.2) is 23.4 Å². The highest BCUT2D eigenvalue weighted by Crippen LogP contribution is 2.33. The fourth-order valence-electron chi connectivity index (χ4n) is 4.36. The molecule has 2 aliphatic rings. The molecule has 1 fully saturated rings. The summed E-state index contributed by atoms with van der Waals surface area (Å²) in [7, 11) is 1.36. The zero-order valence-corrected chi connectivity index (χ0v) is 22.3. The van der Waals surface area contributed by atoms with Gasteiger partial charge in [0.15, 0.2) is 0 Å². The Morgan fingerprint density at radius 2 is 1.92 bits per heavy atom. The molecule has 0 bridgehead atoms. The third-order valence-electron chi connectivity index (χ3n) is 6.50.